The highest BCUT2D eigenvalue weighted by molar-refractivity contribution is 5.96. The first-order valence-electron chi connectivity index (χ1n) is 14.1. The van der Waals surface area contributed by atoms with Crippen molar-refractivity contribution in [3.63, 3.8) is 0 Å². The highest BCUT2D eigenvalue weighted by atomic mass is 16.7. The summed E-state index contributed by atoms with van der Waals surface area (Å²) in [5.41, 5.74) is 2.17. The van der Waals surface area contributed by atoms with Gasteiger partial charge in [0.25, 0.3) is 5.91 Å². The number of aromatic nitrogens is 1. The van der Waals surface area contributed by atoms with Crippen molar-refractivity contribution < 1.29 is 38.0 Å². The van der Waals surface area contributed by atoms with Crippen molar-refractivity contribution in [2.24, 2.45) is 0 Å². The largest absolute Gasteiger partial charge is 0.496 e. The lowest BCUT2D eigenvalue weighted by atomic mass is 10.1. The Morgan fingerprint density at radius 1 is 1.02 bits per heavy atom. The van der Waals surface area contributed by atoms with Crippen LogP contribution in [0.2, 0.25) is 0 Å². The Kier molecular flexibility index (Phi) is 8.59. The first kappa shape index (κ1) is 28.7. The van der Waals surface area contributed by atoms with E-state index in [-0.39, 0.29) is 50.4 Å². The third kappa shape index (κ3) is 6.66. The van der Waals surface area contributed by atoms with Gasteiger partial charge in [-0.3, -0.25) is 19.5 Å². The molecule has 0 unspecified atom stereocenters. The molecule has 1 saturated heterocycles. The van der Waals surface area contributed by atoms with Crippen molar-refractivity contribution in [1.82, 2.24) is 20.1 Å². The van der Waals surface area contributed by atoms with Gasteiger partial charge in [0, 0.05) is 51.1 Å². The fraction of sp³-hybridized carbons (Fsp3) is 0.387. The van der Waals surface area contributed by atoms with Crippen LogP contribution in [-0.2, 0) is 27.4 Å². The quantitative estimate of drug-likeness (QED) is 0.459. The molecule has 0 spiro atoms. The fourth-order valence-electron chi connectivity index (χ4n) is 5.50. The molecule has 1 aromatic heterocycles. The van der Waals surface area contributed by atoms with Gasteiger partial charge in [0.2, 0.25) is 12.7 Å². The second-order valence-electron chi connectivity index (χ2n) is 10.6. The van der Waals surface area contributed by atoms with E-state index in [4.69, 9.17) is 28.4 Å². The molecule has 3 aromatic rings. The zero-order chi connectivity index (χ0) is 29.8. The van der Waals surface area contributed by atoms with Gasteiger partial charge in [0.05, 0.1) is 50.8 Å². The highest BCUT2D eigenvalue weighted by Gasteiger charge is 2.36. The van der Waals surface area contributed by atoms with E-state index < -0.39 is 0 Å². The monoisotopic (exact) mass is 590 g/mol. The fourth-order valence-corrected chi connectivity index (χ4v) is 5.50. The summed E-state index contributed by atoms with van der Waals surface area (Å²) in [5.74, 6) is 2.40. The minimum absolute atomic E-state index is 0.147. The molecule has 2 amide bonds. The molecule has 2 aromatic carbocycles. The molecular formula is C31H34N4O8. The summed E-state index contributed by atoms with van der Waals surface area (Å²) in [6, 6.07) is 12.6. The number of benzene rings is 2. The Morgan fingerprint density at radius 2 is 1.88 bits per heavy atom. The number of carbonyl (C=O) groups excluding carboxylic acids is 2. The van der Waals surface area contributed by atoms with Crippen molar-refractivity contribution in [2.75, 3.05) is 53.8 Å². The molecule has 12 heteroatoms. The van der Waals surface area contributed by atoms with E-state index in [1.807, 2.05) is 36.4 Å². The third-order valence-corrected chi connectivity index (χ3v) is 7.60. The Bertz CT molecular complexity index is 1480. The van der Waals surface area contributed by atoms with Crippen molar-refractivity contribution in [2.45, 2.75) is 25.3 Å². The summed E-state index contributed by atoms with van der Waals surface area (Å²) in [6.45, 7) is 2.52. The van der Waals surface area contributed by atoms with Crippen LogP contribution in [-0.4, -0.2) is 92.5 Å². The molecule has 0 aliphatic carbocycles. The third-order valence-electron chi connectivity index (χ3n) is 7.60. The highest BCUT2D eigenvalue weighted by Crippen LogP contribution is 2.39. The van der Waals surface area contributed by atoms with Gasteiger partial charge in [-0.2, -0.15) is 0 Å². The molecule has 4 heterocycles. The van der Waals surface area contributed by atoms with Gasteiger partial charge in [0.1, 0.15) is 17.2 Å². The average Bonchev–Trinajstić information content (AvgIpc) is 3.63. The molecule has 12 nitrogen and oxygen atoms in total. The molecule has 0 radical (unpaired) electrons. The molecule has 226 valence electrons. The van der Waals surface area contributed by atoms with Crippen LogP contribution in [0.15, 0.2) is 54.9 Å². The Balaban J connectivity index is 1.26. The van der Waals surface area contributed by atoms with E-state index in [1.165, 1.54) is 11.1 Å². The predicted molar refractivity (Wildman–Crippen MR) is 153 cm³/mol. The topological polar surface area (TPSA) is 121 Å². The normalized spacial score (nSPS) is 20.4. The molecule has 2 atom stereocenters. The number of nitrogens with one attached hydrogen (secondary N) is 1. The number of nitrogens with zero attached hydrogens (tertiary/aromatic N) is 3. The molecule has 3 aliphatic heterocycles. The van der Waals surface area contributed by atoms with Gasteiger partial charge in [-0.05, 0) is 29.8 Å². The lowest BCUT2D eigenvalue weighted by Gasteiger charge is -2.25. The standard InChI is InChI=1S/C31H34N4O8/c1-38-7-6-35-17-30(36)33-25-15-34(14-22-10-27-28(42-19-41-27)11-26(22)39-2)16-29(25)40-18-20-4-3-5-23(8-20)43-24-9-21(31(35)37)12-32-13-24/h3-5,8-13,25,29H,6-7,14-19H2,1-2H3,(H,33,36)/t25-,29-/m0/s1. The van der Waals surface area contributed by atoms with Crippen LogP contribution in [0.4, 0.5) is 0 Å². The predicted octanol–water partition coefficient (Wildman–Crippen LogP) is 2.60. The van der Waals surface area contributed by atoms with Crippen molar-refractivity contribution in [3.8, 4) is 28.7 Å². The van der Waals surface area contributed by atoms with Gasteiger partial charge in [-0.25, -0.2) is 0 Å². The van der Waals surface area contributed by atoms with Crippen molar-refractivity contribution in [1.29, 1.82) is 0 Å². The first-order chi connectivity index (χ1) is 21.0. The van der Waals surface area contributed by atoms with Crippen molar-refractivity contribution in [3.05, 3.63) is 71.5 Å². The van der Waals surface area contributed by atoms with Crippen LogP contribution < -0.4 is 24.3 Å². The molecular weight excluding hydrogens is 556 g/mol. The number of ether oxygens (including phenoxy) is 6. The lowest BCUT2D eigenvalue weighted by molar-refractivity contribution is -0.123. The minimum atomic E-state index is -0.346. The minimum Gasteiger partial charge on any atom is -0.496 e. The maximum atomic E-state index is 13.5. The SMILES string of the molecule is COCCN1CC(=O)N[C@H]2CN(Cc3cc4c(cc3OC)OCO4)C[C@@H]2OCc2cccc(c2)Oc2cncc(c2)C1=O. The van der Waals surface area contributed by atoms with Crippen LogP contribution >= 0.6 is 0 Å². The maximum Gasteiger partial charge on any atom is 0.256 e. The average molecular weight is 591 g/mol. The van der Waals surface area contributed by atoms with Gasteiger partial charge >= 0.3 is 0 Å². The van der Waals surface area contributed by atoms with Crippen LogP contribution in [0.25, 0.3) is 0 Å². The second kappa shape index (κ2) is 12.9. The number of pyridine rings is 1. The van der Waals surface area contributed by atoms with E-state index in [0.717, 1.165) is 11.1 Å². The summed E-state index contributed by atoms with van der Waals surface area (Å²) in [6.07, 6.45) is 2.71. The molecule has 4 bridgehead atoms. The van der Waals surface area contributed by atoms with E-state index in [9.17, 15) is 9.59 Å². The number of fused-ring (bicyclic) bond motifs is 6. The molecule has 3 aliphatic rings. The molecule has 43 heavy (non-hydrogen) atoms. The number of hydrogen-bond acceptors (Lipinski definition) is 10. The van der Waals surface area contributed by atoms with Crippen molar-refractivity contribution >= 4 is 11.8 Å². The molecule has 6 rings (SSSR count). The smallest absolute Gasteiger partial charge is 0.256 e. The number of methoxy groups -OCH3 is 2. The zero-order valence-corrected chi connectivity index (χ0v) is 24.1. The van der Waals surface area contributed by atoms with Gasteiger partial charge in [-0.1, -0.05) is 12.1 Å². The summed E-state index contributed by atoms with van der Waals surface area (Å²) < 4.78 is 34.4. The van der Waals surface area contributed by atoms with E-state index in [2.05, 4.69) is 15.2 Å². The van der Waals surface area contributed by atoms with Gasteiger partial charge < -0.3 is 38.6 Å². The van der Waals surface area contributed by atoms with Crippen LogP contribution in [0.1, 0.15) is 21.5 Å². The summed E-state index contributed by atoms with van der Waals surface area (Å²) >= 11 is 0. The number of amides is 2. The second-order valence-corrected chi connectivity index (χ2v) is 10.6. The van der Waals surface area contributed by atoms with Crippen LogP contribution in [0.5, 0.6) is 28.7 Å². The Labute approximate surface area is 249 Å². The lowest BCUT2D eigenvalue weighted by Crippen LogP contribution is -2.49. The molecule has 0 saturated carbocycles. The first-order valence-corrected chi connectivity index (χ1v) is 14.1. The zero-order valence-electron chi connectivity index (χ0n) is 24.1. The summed E-state index contributed by atoms with van der Waals surface area (Å²) in [5, 5.41) is 3.13. The van der Waals surface area contributed by atoms with E-state index in [1.54, 1.807) is 26.5 Å². The Hall–Kier alpha value is -4.39. The Morgan fingerprint density at radius 3 is 2.72 bits per heavy atom. The van der Waals surface area contributed by atoms with E-state index >= 15 is 0 Å². The molecule has 1 N–H and O–H groups in total. The summed E-state index contributed by atoms with van der Waals surface area (Å²) in [4.78, 5) is 34.7. The molecule has 1 fully saturated rings. The number of carbonyl (C=O) groups is 2. The number of likely N-dealkylation sites (tertiary alicyclic amines) is 1. The number of rotatable bonds is 6. The maximum absolute atomic E-state index is 13.5. The summed E-state index contributed by atoms with van der Waals surface area (Å²) in [7, 11) is 3.17. The van der Waals surface area contributed by atoms with E-state index in [0.29, 0.717) is 60.6 Å². The van der Waals surface area contributed by atoms with Crippen LogP contribution in [0, 0.1) is 0 Å². The van der Waals surface area contributed by atoms with Gasteiger partial charge in [0.15, 0.2) is 11.5 Å². The number of hydrogen-bond donors (Lipinski definition) is 1. The van der Waals surface area contributed by atoms with Gasteiger partial charge in [-0.15, -0.1) is 0 Å². The van der Waals surface area contributed by atoms with Crippen LogP contribution in [0.3, 0.4) is 0 Å².